The van der Waals surface area contributed by atoms with Crippen molar-refractivity contribution in [3.05, 3.63) is 89.6 Å². The highest BCUT2D eigenvalue weighted by atomic mass is 32.1. The van der Waals surface area contributed by atoms with Gasteiger partial charge in [-0.3, -0.25) is 4.57 Å². The van der Waals surface area contributed by atoms with Gasteiger partial charge in [0.25, 0.3) is 0 Å². The van der Waals surface area contributed by atoms with Crippen molar-refractivity contribution in [3.63, 3.8) is 0 Å². The normalized spacial score (nSPS) is 13.6. The van der Waals surface area contributed by atoms with Crippen LogP contribution in [0.4, 0.5) is 0 Å². The second kappa shape index (κ2) is 6.29. The number of pyridine rings is 1. The number of allylic oxidation sites excluding steroid dienone is 1. The third kappa shape index (κ3) is 2.35. The van der Waals surface area contributed by atoms with Gasteiger partial charge in [-0.2, -0.15) is 0 Å². The van der Waals surface area contributed by atoms with Gasteiger partial charge in [-0.1, -0.05) is 48.5 Å². The molecule has 2 nitrogen and oxygen atoms in total. The van der Waals surface area contributed by atoms with Crippen molar-refractivity contribution in [3.8, 4) is 5.82 Å². The Balaban J connectivity index is 1.64. The molecule has 7 rings (SSSR count). The first kappa shape index (κ1) is 17.3. The third-order valence-electron chi connectivity index (χ3n) is 6.59. The fourth-order valence-electron chi connectivity index (χ4n) is 5.19. The van der Waals surface area contributed by atoms with Crippen molar-refractivity contribution in [1.82, 2.24) is 9.55 Å². The molecule has 3 aromatic heterocycles. The van der Waals surface area contributed by atoms with Crippen LogP contribution in [-0.2, 0) is 6.42 Å². The molecule has 0 aliphatic heterocycles. The summed E-state index contributed by atoms with van der Waals surface area (Å²) >= 11 is 1.92. The second-order valence-corrected chi connectivity index (χ2v) is 9.44. The zero-order valence-corrected chi connectivity index (χ0v) is 18.0. The average Bonchev–Trinajstić information content (AvgIpc) is 3.34. The fourth-order valence-corrected chi connectivity index (χ4v) is 6.47. The molecule has 1 aliphatic rings. The summed E-state index contributed by atoms with van der Waals surface area (Å²) in [4.78, 5) is 5.09. The number of nitrogens with zero attached hydrogens (tertiary/aromatic N) is 2. The molecule has 0 spiro atoms. The zero-order chi connectivity index (χ0) is 20.5. The molecule has 0 unspecified atom stereocenters. The molecule has 0 radical (unpaired) electrons. The number of rotatable bonds is 1. The quantitative estimate of drug-likeness (QED) is 0.267. The largest absolute Gasteiger partial charge is 0.294 e. The lowest BCUT2D eigenvalue weighted by Crippen LogP contribution is -2.03. The Labute approximate surface area is 184 Å². The predicted octanol–water partition coefficient (Wildman–Crippen LogP) is 7.81. The van der Waals surface area contributed by atoms with E-state index < -0.39 is 0 Å². The number of benzene rings is 3. The van der Waals surface area contributed by atoms with E-state index in [1.165, 1.54) is 53.3 Å². The fraction of sp³-hybridized carbons (Fsp3) is 0.107. The number of thiophene rings is 1. The van der Waals surface area contributed by atoms with Gasteiger partial charge < -0.3 is 0 Å². The highest BCUT2D eigenvalue weighted by Crippen LogP contribution is 2.43. The molecule has 31 heavy (non-hydrogen) atoms. The van der Waals surface area contributed by atoms with E-state index in [2.05, 4.69) is 90.4 Å². The number of hydrogen-bond donors (Lipinski definition) is 0. The molecule has 6 aromatic rings. The van der Waals surface area contributed by atoms with Crippen LogP contribution >= 0.6 is 11.3 Å². The summed E-state index contributed by atoms with van der Waals surface area (Å²) in [7, 11) is 0. The van der Waals surface area contributed by atoms with E-state index in [9.17, 15) is 0 Å². The predicted molar refractivity (Wildman–Crippen MR) is 134 cm³/mol. The van der Waals surface area contributed by atoms with E-state index in [4.69, 9.17) is 4.98 Å². The molecule has 0 fully saturated rings. The number of aryl methyl sites for hydroxylation is 2. The molecule has 0 N–H and O–H groups in total. The number of fused-ring (bicyclic) bond motifs is 8. The van der Waals surface area contributed by atoms with Gasteiger partial charge in [0.2, 0.25) is 0 Å². The van der Waals surface area contributed by atoms with E-state index >= 15 is 0 Å². The Kier molecular flexibility index (Phi) is 3.50. The lowest BCUT2D eigenvalue weighted by atomic mass is 10.00. The maximum Gasteiger partial charge on any atom is 0.138 e. The van der Waals surface area contributed by atoms with Gasteiger partial charge in [-0.15, -0.1) is 11.3 Å². The van der Waals surface area contributed by atoms with Crippen LogP contribution in [0.5, 0.6) is 0 Å². The lowest BCUT2D eigenvalue weighted by Gasteiger charge is -2.13. The second-order valence-electron chi connectivity index (χ2n) is 8.39. The molecule has 0 amide bonds. The number of para-hydroxylation sites is 1. The van der Waals surface area contributed by atoms with Crippen molar-refractivity contribution in [1.29, 1.82) is 0 Å². The summed E-state index contributed by atoms with van der Waals surface area (Å²) in [6, 6.07) is 24.0. The molecule has 0 atom stereocenters. The van der Waals surface area contributed by atoms with Crippen molar-refractivity contribution in [2.75, 3.05) is 0 Å². The van der Waals surface area contributed by atoms with E-state index in [0.717, 1.165) is 24.2 Å². The maximum absolute atomic E-state index is 5.09. The summed E-state index contributed by atoms with van der Waals surface area (Å²) in [6.45, 7) is 2.19. The Morgan fingerprint density at radius 3 is 2.68 bits per heavy atom. The Morgan fingerprint density at radius 2 is 1.74 bits per heavy atom. The van der Waals surface area contributed by atoms with Crippen molar-refractivity contribution in [2.24, 2.45) is 0 Å². The smallest absolute Gasteiger partial charge is 0.138 e. The van der Waals surface area contributed by atoms with Crippen molar-refractivity contribution < 1.29 is 0 Å². The monoisotopic (exact) mass is 416 g/mol. The first-order chi connectivity index (χ1) is 15.3. The lowest BCUT2D eigenvalue weighted by molar-refractivity contribution is 0.955. The van der Waals surface area contributed by atoms with Crippen molar-refractivity contribution in [2.45, 2.75) is 19.8 Å². The summed E-state index contributed by atoms with van der Waals surface area (Å²) in [5.74, 6) is 1.01. The summed E-state index contributed by atoms with van der Waals surface area (Å²) < 4.78 is 5.14. The topological polar surface area (TPSA) is 17.8 Å². The van der Waals surface area contributed by atoms with E-state index in [-0.39, 0.29) is 0 Å². The SMILES string of the molecule is Cc1cc(-n2c3c(c4c5sc6ccccc6c5ccc42)CCC=C3)nc2ccccc12. The molecular weight excluding hydrogens is 396 g/mol. The Morgan fingerprint density at radius 1 is 0.903 bits per heavy atom. The van der Waals surface area contributed by atoms with Crippen LogP contribution in [0.2, 0.25) is 0 Å². The first-order valence-electron chi connectivity index (χ1n) is 10.8. The van der Waals surface area contributed by atoms with Crippen molar-refractivity contribution >= 4 is 59.4 Å². The summed E-state index contributed by atoms with van der Waals surface area (Å²) in [6.07, 6.45) is 6.77. The van der Waals surface area contributed by atoms with Gasteiger partial charge in [0.15, 0.2) is 0 Å². The molecule has 0 saturated heterocycles. The molecule has 0 saturated carbocycles. The number of aromatic nitrogens is 2. The molecule has 0 bridgehead atoms. The molecule has 3 aromatic carbocycles. The van der Waals surface area contributed by atoms with Gasteiger partial charge >= 0.3 is 0 Å². The third-order valence-corrected chi connectivity index (χ3v) is 7.80. The zero-order valence-electron chi connectivity index (χ0n) is 17.2. The minimum Gasteiger partial charge on any atom is -0.294 e. The molecule has 148 valence electrons. The van der Waals surface area contributed by atoms with E-state index in [0.29, 0.717) is 0 Å². The molecule has 3 heteroatoms. The van der Waals surface area contributed by atoms with Gasteiger partial charge in [-0.25, -0.2) is 4.98 Å². The summed E-state index contributed by atoms with van der Waals surface area (Å²) in [5, 5.41) is 5.35. The van der Waals surface area contributed by atoms with Crippen LogP contribution in [0.1, 0.15) is 23.2 Å². The van der Waals surface area contributed by atoms with Gasteiger partial charge in [0.1, 0.15) is 5.82 Å². The highest BCUT2D eigenvalue weighted by Gasteiger charge is 2.22. The van der Waals surface area contributed by atoms with E-state index in [1.807, 2.05) is 11.3 Å². The summed E-state index contributed by atoms with van der Waals surface area (Å²) in [5.41, 5.74) is 6.32. The van der Waals surface area contributed by atoms with Crippen LogP contribution in [0.3, 0.4) is 0 Å². The van der Waals surface area contributed by atoms with Gasteiger partial charge in [-0.05, 0) is 61.2 Å². The molecular formula is C28H20N2S. The van der Waals surface area contributed by atoms with Crippen LogP contribution < -0.4 is 0 Å². The number of hydrogen-bond acceptors (Lipinski definition) is 2. The van der Waals surface area contributed by atoms with Gasteiger partial charge in [0.05, 0.1) is 16.7 Å². The van der Waals surface area contributed by atoms with Crippen LogP contribution in [-0.4, -0.2) is 9.55 Å². The first-order valence-corrected chi connectivity index (χ1v) is 11.6. The van der Waals surface area contributed by atoms with Crippen LogP contribution in [0.25, 0.3) is 53.9 Å². The Hall–Kier alpha value is -3.43. The maximum atomic E-state index is 5.09. The van der Waals surface area contributed by atoms with E-state index in [1.54, 1.807) is 0 Å². The Bertz CT molecular complexity index is 1700. The minimum absolute atomic E-state index is 1.01. The van der Waals surface area contributed by atoms with Crippen LogP contribution in [0.15, 0.2) is 72.8 Å². The molecule has 1 aliphatic carbocycles. The van der Waals surface area contributed by atoms with Gasteiger partial charge in [0, 0.05) is 30.9 Å². The average molecular weight is 417 g/mol. The minimum atomic E-state index is 1.01. The highest BCUT2D eigenvalue weighted by molar-refractivity contribution is 7.26. The molecule has 3 heterocycles. The van der Waals surface area contributed by atoms with Crippen LogP contribution in [0, 0.1) is 6.92 Å². The standard InChI is InChI=1S/C28H20N2S/c1-17-16-26(29-22-11-5-2-8-18(17)22)30-23-12-6-3-10-21(23)27-24(30)15-14-20-19-9-4-7-13-25(19)31-28(20)27/h2,4-9,11-16H,3,10H2,1H3.